The molecule has 9 heavy (non-hydrogen) atoms. The van der Waals surface area contributed by atoms with E-state index in [4.69, 9.17) is 5.11 Å². The van der Waals surface area contributed by atoms with Crippen LogP contribution < -0.4 is 5.32 Å². The molecule has 0 aliphatic heterocycles. The number of hydrogen-bond donors (Lipinski definition) is 2. The van der Waals surface area contributed by atoms with Crippen molar-refractivity contribution in [1.29, 1.82) is 0 Å². The predicted molar refractivity (Wildman–Crippen MR) is 39.4 cm³/mol. The van der Waals surface area contributed by atoms with Crippen LogP contribution in [-0.2, 0) is 0 Å². The van der Waals surface area contributed by atoms with Gasteiger partial charge in [-0.3, -0.25) is 0 Å². The molecule has 0 aliphatic carbocycles. The minimum atomic E-state index is 0.0740. The van der Waals surface area contributed by atoms with Crippen LogP contribution in [0.15, 0.2) is 12.7 Å². The Morgan fingerprint density at radius 2 is 2.44 bits per heavy atom. The number of rotatable bonds is 5. The van der Waals surface area contributed by atoms with E-state index in [-0.39, 0.29) is 12.6 Å². The van der Waals surface area contributed by atoms with Crippen molar-refractivity contribution in [1.82, 2.24) is 5.32 Å². The third kappa shape index (κ3) is 4.18. The van der Waals surface area contributed by atoms with Gasteiger partial charge in [-0.15, -0.1) is 6.58 Å². The van der Waals surface area contributed by atoms with Crippen LogP contribution in [0.1, 0.15) is 13.3 Å². The molecule has 0 heterocycles. The topological polar surface area (TPSA) is 32.3 Å². The number of nitrogens with one attached hydrogen (secondary N) is 1. The van der Waals surface area contributed by atoms with E-state index in [9.17, 15) is 0 Å². The average molecular weight is 129 g/mol. The monoisotopic (exact) mass is 129 g/mol. The fraction of sp³-hybridized carbons (Fsp3) is 0.714. The summed E-state index contributed by atoms with van der Waals surface area (Å²) < 4.78 is 0. The molecule has 1 unspecified atom stereocenters. The Labute approximate surface area is 56.6 Å². The first-order valence-electron chi connectivity index (χ1n) is 3.32. The van der Waals surface area contributed by atoms with Gasteiger partial charge in [-0.2, -0.15) is 0 Å². The van der Waals surface area contributed by atoms with Crippen molar-refractivity contribution >= 4 is 0 Å². The van der Waals surface area contributed by atoms with Crippen molar-refractivity contribution in [3.05, 3.63) is 12.7 Å². The van der Waals surface area contributed by atoms with Crippen molar-refractivity contribution in [3.8, 4) is 0 Å². The van der Waals surface area contributed by atoms with Crippen LogP contribution in [-0.4, -0.2) is 24.3 Å². The van der Waals surface area contributed by atoms with Crippen molar-refractivity contribution < 1.29 is 5.11 Å². The van der Waals surface area contributed by atoms with Gasteiger partial charge in [-0.1, -0.05) is 13.0 Å². The van der Waals surface area contributed by atoms with E-state index in [1.54, 1.807) is 6.08 Å². The normalized spacial score (nSPS) is 13.1. The molecule has 0 amide bonds. The summed E-state index contributed by atoms with van der Waals surface area (Å²) in [5, 5.41) is 11.7. The lowest BCUT2D eigenvalue weighted by Crippen LogP contribution is -2.30. The molecule has 2 heteroatoms. The highest BCUT2D eigenvalue weighted by Crippen LogP contribution is 1.82. The van der Waals surface area contributed by atoms with Gasteiger partial charge in [0.1, 0.15) is 0 Å². The summed E-state index contributed by atoms with van der Waals surface area (Å²) in [7, 11) is 0. The molecule has 0 aromatic carbocycles. The van der Waals surface area contributed by atoms with Gasteiger partial charge in [0, 0.05) is 6.04 Å². The van der Waals surface area contributed by atoms with E-state index < -0.39 is 0 Å². The molecule has 2 N–H and O–H groups in total. The van der Waals surface area contributed by atoms with E-state index in [1.807, 2.05) is 0 Å². The van der Waals surface area contributed by atoms with Crippen molar-refractivity contribution in [3.63, 3.8) is 0 Å². The van der Waals surface area contributed by atoms with E-state index in [1.165, 1.54) is 0 Å². The molecule has 2 nitrogen and oxygen atoms in total. The van der Waals surface area contributed by atoms with Crippen LogP contribution in [0.2, 0.25) is 0 Å². The van der Waals surface area contributed by atoms with Gasteiger partial charge in [-0.05, 0) is 13.0 Å². The van der Waals surface area contributed by atoms with Crippen molar-refractivity contribution in [2.24, 2.45) is 0 Å². The van der Waals surface area contributed by atoms with Gasteiger partial charge in [0.2, 0.25) is 0 Å². The number of aliphatic hydroxyl groups is 1. The van der Waals surface area contributed by atoms with Crippen LogP contribution in [0, 0.1) is 0 Å². The van der Waals surface area contributed by atoms with Gasteiger partial charge in [-0.25, -0.2) is 0 Å². The SMILES string of the molecule is C=CC(CO)NCCC. The number of aliphatic hydroxyl groups excluding tert-OH is 1. The Bertz CT molecular complexity index is 73.3. The predicted octanol–water partition coefficient (Wildman–Crippen LogP) is 0.533. The van der Waals surface area contributed by atoms with Crippen LogP contribution in [0.5, 0.6) is 0 Å². The fourth-order valence-corrected chi connectivity index (χ4v) is 0.552. The maximum absolute atomic E-state index is 8.62. The zero-order chi connectivity index (χ0) is 7.11. The van der Waals surface area contributed by atoms with Crippen LogP contribution in [0.3, 0.4) is 0 Å². The average Bonchev–Trinajstić information content (AvgIpc) is 1.91. The summed E-state index contributed by atoms with van der Waals surface area (Å²) >= 11 is 0. The molecule has 0 aromatic heterocycles. The fourth-order valence-electron chi connectivity index (χ4n) is 0.552. The van der Waals surface area contributed by atoms with E-state index >= 15 is 0 Å². The quantitative estimate of drug-likeness (QED) is 0.531. The molecule has 0 rings (SSSR count). The maximum atomic E-state index is 8.62. The molecule has 0 spiro atoms. The number of hydrogen-bond acceptors (Lipinski definition) is 2. The van der Waals surface area contributed by atoms with Gasteiger partial charge in [0.15, 0.2) is 0 Å². The molecular weight excluding hydrogens is 114 g/mol. The molecular formula is C7H15NO. The van der Waals surface area contributed by atoms with E-state index in [0.29, 0.717) is 0 Å². The first-order valence-corrected chi connectivity index (χ1v) is 3.32. The zero-order valence-corrected chi connectivity index (χ0v) is 5.93. The Morgan fingerprint density at radius 1 is 1.78 bits per heavy atom. The molecule has 0 saturated heterocycles. The summed E-state index contributed by atoms with van der Waals surface area (Å²) in [5.41, 5.74) is 0. The first kappa shape index (κ1) is 8.66. The smallest absolute Gasteiger partial charge is 0.0620 e. The van der Waals surface area contributed by atoms with E-state index in [0.717, 1.165) is 13.0 Å². The Kier molecular flexibility index (Phi) is 5.57. The van der Waals surface area contributed by atoms with Crippen LogP contribution >= 0.6 is 0 Å². The second-order valence-electron chi connectivity index (χ2n) is 1.98. The first-order chi connectivity index (χ1) is 4.35. The van der Waals surface area contributed by atoms with Gasteiger partial charge in [0.05, 0.1) is 6.61 Å². The Morgan fingerprint density at radius 3 is 2.78 bits per heavy atom. The lowest BCUT2D eigenvalue weighted by Gasteiger charge is -2.09. The third-order valence-corrected chi connectivity index (χ3v) is 1.14. The highest BCUT2D eigenvalue weighted by Gasteiger charge is 1.96. The van der Waals surface area contributed by atoms with Gasteiger partial charge in [0.25, 0.3) is 0 Å². The van der Waals surface area contributed by atoms with E-state index in [2.05, 4.69) is 18.8 Å². The summed E-state index contributed by atoms with van der Waals surface area (Å²) in [6.07, 6.45) is 2.81. The minimum absolute atomic E-state index is 0.0740. The lowest BCUT2D eigenvalue weighted by molar-refractivity contribution is 0.265. The standard InChI is InChI=1S/C7H15NO/c1-3-5-8-7(4-2)6-9/h4,7-9H,2-3,5-6H2,1H3. The molecule has 0 aliphatic rings. The summed E-state index contributed by atoms with van der Waals surface area (Å²) in [6, 6.07) is 0.0740. The maximum Gasteiger partial charge on any atom is 0.0620 e. The summed E-state index contributed by atoms with van der Waals surface area (Å²) in [4.78, 5) is 0. The lowest BCUT2D eigenvalue weighted by atomic mass is 10.3. The van der Waals surface area contributed by atoms with Gasteiger partial charge >= 0.3 is 0 Å². The zero-order valence-electron chi connectivity index (χ0n) is 5.93. The summed E-state index contributed by atoms with van der Waals surface area (Å²) in [5.74, 6) is 0. The molecule has 1 atom stereocenters. The molecule has 0 saturated carbocycles. The van der Waals surface area contributed by atoms with Crippen LogP contribution in [0.25, 0.3) is 0 Å². The Balaban J connectivity index is 3.20. The molecule has 0 radical (unpaired) electrons. The Hall–Kier alpha value is -0.340. The van der Waals surface area contributed by atoms with Gasteiger partial charge < -0.3 is 10.4 Å². The largest absolute Gasteiger partial charge is 0.394 e. The molecule has 54 valence electrons. The summed E-state index contributed by atoms with van der Waals surface area (Å²) in [6.45, 7) is 6.73. The molecule has 0 bridgehead atoms. The van der Waals surface area contributed by atoms with Crippen molar-refractivity contribution in [2.75, 3.05) is 13.2 Å². The highest BCUT2D eigenvalue weighted by atomic mass is 16.3. The van der Waals surface area contributed by atoms with Crippen molar-refractivity contribution in [2.45, 2.75) is 19.4 Å². The molecule has 0 fully saturated rings. The third-order valence-electron chi connectivity index (χ3n) is 1.14. The highest BCUT2D eigenvalue weighted by molar-refractivity contribution is 4.84. The minimum Gasteiger partial charge on any atom is -0.394 e. The second-order valence-corrected chi connectivity index (χ2v) is 1.98. The van der Waals surface area contributed by atoms with Crippen LogP contribution in [0.4, 0.5) is 0 Å². The molecule has 0 aromatic rings. The second kappa shape index (κ2) is 5.79.